The highest BCUT2D eigenvalue weighted by Crippen LogP contribution is 2.22. The lowest BCUT2D eigenvalue weighted by Gasteiger charge is -2.27. The highest BCUT2D eigenvalue weighted by atomic mass is 16.5. The molecule has 4 heterocycles. The maximum atomic E-state index is 12.9. The summed E-state index contributed by atoms with van der Waals surface area (Å²) in [5.41, 5.74) is 11.2. The summed E-state index contributed by atoms with van der Waals surface area (Å²) in [6.45, 7) is 8.35. The van der Waals surface area contributed by atoms with E-state index in [1.54, 1.807) is 29.0 Å². The molecule has 0 spiro atoms. The Bertz CT molecular complexity index is 1410. The predicted octanol–water partition coefficient (Wildman–Crippen LogP) is 3.58. The van der Waals surface area contributed by atoms with Crippen LogP contribution in [0.4, 0.5) is 5.82 Å². The van der Waals surface area contributed by atoms with Gasteiger partial charge in [-0.25, -0.2) is 14.5 Å². The number of aryl methyl sites for hydroxylation is 1. The van der Waals surface area contributed by atoms with E-state index < -0.39 is 0 Å². The molecule has 0 unspecified atom stereocenters. The zero-order chi connectivity index (χ0) is 24.8. The van der Waals surface area contributed by atoms with Crippen LogP contribution in [0.15, 0.2) is 54.9 Å². The summed E-state index contributed by atoms with van der Waals surface area (Å²) in [4.78, 5) is 23.1. The minimum absolute atomic E-state index is 0.0367. The largest absolute Gasteiger partial charge is 0.384 e. The molecule has 0 saturated carbocycles. The van der Waals surface area contributed by atoms with Crippen LogP contribution in [0.2, 0.25) is 0 Å². The van der Waals surface area contributed by atoms with Gasteiger partial charge in [-0.05, 0) is 54.8 Å². The SMILES string of the molecule is CC.Cc1cc(-c2ccc3ncc(C#Cc4ccnc(N)c4)n3n2)ccc1C(=O)N1CCOCC1. The van der Waals surface area contributed by atoms with Crippen molar-refractivity contribution >= 4 is 17.4 Å². The molecule has 8 heteroatoms. The molecule has 1 aromatic carbocycles. The molecule has 1 aliphatic rings. The van der Waals surface area contributed by atoms with Crippen LogP contribution >= 0.6 is 0 Å². The number of nitrogens with zero attached hydrogens (tertiary/aromatic N) is 5. The van der Waals surface area contributed by atoms with Crippen LogP contribution < -0.4 is 5.73 Å². The molecule has 1 saturated heterocycles. The normalized spacial score (nSPS) is 12.9. The fourth-order valence-corrected chi connectivity index (χ4v) is 3.77. The van der Waals surface area contributed by atoms with Gasteiger partial charge in [-0.2, -0.15) is 5.10 Å². The first-order valence-corrected chi connectivity index (χ1v) is 11.6. The standard InChI is InChI=1S/C25H22N6O2.C2H6/c1-17-14-19(3-5-21(17)25(32)30-10-12-33-13-11-30)22-6-7-24-28-16-20(31(24)29-22)4-2-18-8-9-27-23(26)15-18;1-2/h3,5-9,14-16H,10-13H2,1H3,(H2,26,27);1-2H3. The van der Waals surface area contributed by atoms with Gasteiger partial charge < -0.3 is 15.4 Å². The van der Waals surface area contributed by atoms with Gasteiger partial charge in [0.05, 0.1) is 25.1 Å². The van der Waals surface area contributed by atoms with Crippen LogP contribution in [0.1, 0.15) is 41.0 Å². The van der Waals surface area contributed by atoms with E-state index in [0.717, 1.165) is 22.4 Å². The smallest absolute Gasteiger partial charge is 0.254 e. The van der Waals surface area contributed by atoms with Crippen molar-refractivity contribution in [2.75, 3.05) is 32.0 Å². The number of carbonyl (C=O) groups excluding carboxylic acids is 1. The second kappa shape index (κ2) is 10.8. The Kier molecular flexibility index (Phi) is 7.38. The minimum Gasteiger partial charge on any atom is -0.384 e. The first-order chi connectivity index (χ1) is 17.1. The Hall–Kier alpha value is -4.22. The monoisotopic (exact) mass is 468 g/mol. The van der Waals surface area contributed by atoms with Crippen LogP contribution in [0, 0.1) is 18.8 Å². The lowest BCUT2D eigenvalue weighted by Crippen LogP contribution is -2.40. The van der Waals surface area contributed by atoms with E-state index in [9.17, 15) is 4.79 Å². The van der Waals surface area contributed by atoms with Crippen molar-refractivity contribution in [2.45, 2.75) is 20.8 Å². The summed E-state index contributed by atoms with van der Waals surface area (Å²) in [5, 5.41) is 4.74. The maximum Gasteiger partial charge on any atom is 0.254 e. The first-order valence-electron chi connectivity index (χ1n) is 11.6. The highest BCUT2D eigenvalue weighted by Gasteiger charge is 2.20. The zero-order valence-corrected chi connectivity index (χ0v) is 20.2. The lowest BCUT2D eigenvalue weighted by molar-refractivity contribution is 0.0302. The van der Waals surface area contributed by atoms with E-state index in [4.69, 9.17) is 15.6 Å². The Morgan fingerprint density at radius 2 is 1.83 bits per heavy atom. The van der Waals surface area contributed by atoms with E-state index in [2.05, 4.69) is 21.8 Å². The summed E-state index contributed by atoms with van der Waals surface area (Å²) < 4.78 is 7.07. The molecular weight excluding hydrogens is 440 g/mol. The Balaban J connectivity index is 0.00000141. The number of hydrogen-bond acceptors (Lipinski definition) is 6. The Morgan fingerprint density at radius 3 is 2.57 bits per heavy atom. The van der Waals surface area contributed by atoms with Gasteiger partial charge in [-0.15, -0.1) is 0 Å². The van der Waals surface area contributed by atoms with Gasteiger partial charge in [-0.1, -0.05) is 25.8 Å². The Labute approximate surface area is 204 Å². The van der Waals surface area contributed by atoms with Gasteiger partial charge in [0.15, 0.2) is 5.65 Å². The second-order valence-corrected chi connectivity index (χ2v) is 7.79. The van der Waals surface area contributed by atoms with Crippen LogP contribution in [0.5, 0.6) is 0 Å². The number of nitrogens with two attached hydrogens (primary N) is 1. The Morgan fingerprint density at radius 1 is 1.03 bits per heavy atom. The van der Waals surface area contributed by atoms with E-state index in [1.165, 1.54) is 0 Å². The minimum atomic E-state index is 0.0367. The van der Waals surface area contributed by atoms with E-state index in [-0.39, 0.29) is 5.91 Å². The van der Waals surface area contributed by atoms with E-state index in [0.29, 0.717) is 49.0 Å². The van der Waals surface area contributed by atoms with Crippen molar-refractivity contribution in [1.29, 1.82) is 0 Å². The molecule has 0 radical (unpaired) electrons. The van der Waals surface area contributed by atoms with E-state index >= 15 is 0 Å². The maximum absolute atomic E-state index is 12.9. The zero-order valence-electron chi connectivity index (χ0n) is 20.2. The van der Waals surface area contributed by atoms with Crippen LogP contribution in [-0.4, -0.2) is 56.7 Å². The van der Waals surface area contributed by atoms with Crippen LogP contribution in [0.25, 0.3) is 16.9 Å². The van der Waals surface area contributed by atoms with Gasteiger partial charge in [-0.3, -0.25) is 4.79 Å². The number of amides is 1. The number of anilines is 1. The molecule has 178 valence electrons. The molecule has 8 nitrogen and oxygen atoms in total. The summed E-state index contributed by atoms with van der Waals surface area (Å²) in [6, 6.07) is 13.1. The van der Waals surface area contributed by atoms with Gasteiger partial charge in [0.1, 0.15) is 11.5 Å². The third-order valence-corrected chi connectivity index (χ3v) is 5.53. The van der Waals surface area contributed by atoms with Crippen molar-refractivity contribution in [2.24, 2.45) is 0 Å². The second-order valence-electron chi connectivity index (χ2n) is 7.79. The summed E-state index contributed by atoms with van der Waals surface area (Å²) in [6.07, 6.45) is 3.32. The average molecular weight is 469 g/mol. The number of benzene rings is 1. The molecular formula is C27H28N6O2. The molecule has 0 bridgehead atoms. The summed E-state index contributed by atoms with van der Waals surface area (Å²) >= 11 is 0. The van der Waals surface area contributed by atoms with Crippen molar-refractivity contribution in [3.63, 3.8) is 0 Å². The fourth-order valence-electron chi connectivity index (χ4n) is 3.77. The predicted molar refractivity (Wildman–Crippen MR) is 136 cm³/mol. The molecule has 4 aromatic rings. The van der Waals surface area contributed by atoms with Gasteiger partial charge >= 0.3 is 0 Å². The van der Waals surface area contributed by atoms with Crippen LogP contribution in [-0.2, 0) is 4.74 Å². The molecule has 5 rings (SSSR count). The lowest BCUT2D eigenvalue weighted by atomic mass is 10.0. The molecule has 35 heavy (non-hydrogen) atoms. The number of hydrogen-bond donors (Lipinski definition) is 1. The topological polar surface area (TPSA) is 98.6 Å². The van der Waals surface area contributed by atoms with Crippen molar-refractivity contribution < 1.29 is 9.53 Å². The number of carbonyl (C=O) groups is 1. The average Bonchev–Trinajstić information content (AvgIpc) is 3.31. The molecule has 3 aromatic heterocycles. The van der Waals surface area contributed by atoms with Crippen LogP contribution in [0.3, 0.4) is 0 Å². The third-order valence-electron chi connectivity index (χ3n) is 5.53. The number of morpholine rings is 1. The molecule has 2 N–H and O–H groups in total. The van der Waals surface area contributed by atoms with Crippen molar-refractivity contribution in [3.05, 3.63) is 77.2 Å². The molecule has 0 atom stereocenters. The quantitative estimate of drug-likeness (QED) is 0.452. The van der Waals surface area contributed by atoms with Crippen molar-refractivity contribution in [3.8, 4) is 23.1 Å². The third kappa shape index (κ3) is 5.31. The number of aromatic nitrogens is 4. The number of rotatable bonds is 2. The molecule has 1 aliphatic heterocycles. The van der Waals surface area contributed by atoms with Gasteiger partial charge in [0, 0.05) is 36.0 Å². The molecule has 0 aliphatic carbocycles. The van der Waals surface area contributed by atoms with Crippen molar-refractivity contribution in [1.82, 2.24) is 24.5 Å². The first kappa shape index (κ1) is 23.9. The highest BCUT2D eigenvalue weighted by molar-refractivity contribution is 5.96. The van der Waals surface area contributed by atoms with E-state index in [1.807, 2.05) is 56.0 Å². The van der Waals surface area contributed by atoms with Gasteiger partial charge in [0.25, 0.3) is 5.91 Å². The number of pyridine rings is 1. The summed E-state index contributed by atoms with van der Waals surface area (Å²) in [7, 11) is 0. The summed E-state index contributed by atoms with van der Waals surface area (Å²) in [5.74, 6) is 6.64. The number of fused-ring (bicyclic) bond motifs is 1. The number of imidazole rings is 1. The van der Waals surface area contributed by atoms with Gasteiger partial charge in [0.2, 0.25) is 0 Å². The molecule has 1 fully saturated rings. The molecule has 1 amide bonds. The number of ether oxygens (including phenoxy) is 1. The number of nitrogen functional groups attached to an aromatic ring is 1. The fraction of sp³-hybridized carbons (Fsp3) is 0.259.